The summed E-state index contributed by atoms with van der Waals surface area (Å²) in [5.41, 5.74) is 19.3. The Kier molecular flexibility index (Phi) is 24.8. The Morgan fingerprint density at radius 3 is 1.30 bits per heavy atom. The molecule has 1 fully saturated rings. The molecular weight excluding hydrogens is 941 g/mol. The number of fused-ring (bicyclic) bond motifs is 1. The first-order chi connectivity index (χ1) is 35.0. The van der Waals surface area contributed by atoms with Crippen LogP contribution in [0.3, 0.4) is 0 Å². The zero-order chi connectivity index (χ0) is 53.5. The molecule has 0 bridgehead atoms. The largest absolute Gasteiger partial charge is 0.394 e. The fourth-order valence-corrected chi connectivity index (χ4v) is 8.62. The number of amides is 8. The zero-order valence-electron chi connectivity index (χ0n) is 42.7. The topological polar surface area (TPSA) is 376 Å². The Morgan fingerprint density at radius 2 is 0.877 bits per heavy atom. The number of benzene rings is 1. The number of unbranched alkanes of at least 4 members (excludes halogenated alkanes) is 3. The lowest BCUT2D eigenvalue weighted by molar-refractivity contribution is -0.137. The summed E-state index contributed by atoms with van der Waals surface area (Å²) in [6, 6.07) is -3.10. The van der Waals surface area contributed by atoms with Crippen LogP contribution >= 0.6 is 0 Å². The molecule has 4 rings (SSSR count). The number of nitrogens with zero attached hydrogens (tertiary/aromatic N) is 1. The second-order valence-corrected chi connectivity index (χ2v) is 19.6. The molecule has 8 amide bonds. The molecule has 17 N–H and O–H groups in total. The van der Waals surface area contributed by atoms with Crippen LogP contribution in [0.25, 0.3) is 10.9 Å². The van der Waals surface area contributed by atoms with Gasteiger partial charge in [0.05, 0.1) is 12.9 Å². The number of H-pyrrole nitrogens is 2. The molecule has 23 heteroatoms. The van der Waals surface area contributed by atoms with Gasteiger partial charge in [-0.05, 0) is 114 Å². The normalized spacial score (nSPS) is 23.7. The zero-order valence-corrected chi connectivity index (χ0v) is 42.7. The smallest absolute Gasteiger partial charge is 0.245 e. The molecule has 1 aliphatic rings. The Morgan fingerprint density at radius 1 is 0.493 bits per heavy atom. The number of aromatic amines is 2. The number of imidazole rings is 1. The molecule has 0 radical (unpaired) electrons. The highest BCUT2D eigenvalue weighted by Crippen LogP contribution is 2.20. The fourth-order valence-electron chi connectivity index (χ4n) is 8.62. The van der Waals surface area contributed by atoms with E-state index < -0.39 is 102 Å². The van der Waals surface area contributed by atoms with E-state index in [-0.39, 0.29) is 63.3 Å². The molecule has 8 atom stereocenters. The third-order valence-corrected chi connectivity index (χ3v) is 12.6. The second kappa shape index (κ2) is 30.6. The minimum atomic E-state index is -1.58. The van der Waals surface area contributed by atoms with Crippen molar-refractivity contribution in [2.75, 3.05) is 26.2 Å². The fraction of sp³-hybridized carbons (Fsp3) is 0.620. The summed E-state index contributed by atoms with van der Waals surface area (Å²) in [6.07, 6.45) is 7.52. The molecule has 1 aliphatic heterocycles. The van der Waals surface area contributed by atoms with E-state index in [1.54, 1.807) is 6.20 Å². The highest BCUT2D eigenvalue weighted by molar-refractivity contribution is 5.99. The van der Waals surface area contributed by atoms with Gasteiger partial charge in [0.2, 0.25) is 47.3 Å². The predicted octanol–water partition coefficient (Wildman–Crippen LogP) is -0.960. The molecule has 0 spiro atoms. The van der Waals surface area contributed by atoms with Crippen LogP contribution in [0.2, 0.25) is 0 Å². The standard InChI is InChI=1S/C50H80N14O9/c1-29(2)21-38-47(70)62-40(23-31-25-55-34-14-6-5-13-33(31)34)48(71)63-41(24-32-26-54-28-56-32)49(72)59-36(16-8-11-19-52)44(67)57-35(15-7-10-18-51)43(66)58-37(17-9-12-20-53)45(68)64-42(27-65)50(73)61-39(22-30(3)4)46(69)60-38/h5-6,13-14,25-26,28-30,35-42,55,65H,7-12,15-24,27,51-53H2,1-4H3,(H,54,56)(H,57,67)(H,58,66)(H,59,72)(H,60,69)(H,61,73)(H,62,70)(H,63,71)(H,64,68)/t35-,36-,37-,38-,39-,40-,41-,42-/m0/s1. The average Bonchev–Trinajstić information content (AvgIpc) is 4.03. The summed E-state index contributed by atoms with van der Waals surface area (Å²) in [5, 5.41) is 33.2. The van der Waals surface area contributed by atoms with Crippen molar-refractivity contribution in [3.05, 3.63) is 54.2 Å². The van der Waals surface area contributed by atoms with Crippen molar-refractivity contribution in [1.29, 1.82) is 0 Å². The van der Waals surface area contributed by atoms with Crippen molar-refractivity contribution in [2.45, 2.75) is 160 Å². The molecule has 0 saturated carbocycles. The van der Waals surface area contributed by atoms with Gasteiger partial charge in [-0.1, -0.05) is 45.9 Å². The summed E-state index contributed by atoms with van der Waals surface area (Å²) in [5.74, 6) is -6.48. The average molecular weight is 1020 g/mol. The van der Waals surface area contributed by atoms with Crippen molar-refractivity contribution in [3.8, 4) is 0 Å². The molecule has 23 nitrogen and oxygen atoms in total. The minimum Gasteiger partial charge on any atom is -0.394 e. The number of nitrogens with two attached hydrogens (primary N) is 3. The van der Waals surface area contributed by atoms with E-state index in [1.165, 1.54) is 12.5 Å². The number of aliphatic hydroxyl groups excluding tert-OH is 1. The Hall–Kier alpha value is -6.43. The van der Waals surface area contributed by atoms with Crippen LogP contribution in [-0.2, 0) is 51.2 Å². The first kappa shape index (κ1) is 59.1. The summed E-state index contributed by atoms with van der Waals surface area (Å²) in [7, 11) is 0. The van der Waals surface area contributed by atoms with Gasteiger partial charge < -0.3 is 74.8 Å². The number of para-hydroxylation sites is 1. The maximum absolute atomic E-state index is 14.8. The van der Waals surface area contributed by atoms with E-state index >= 15 is 0 Å². The molecule has 0 aliphatic carbocycles. The minimum absolute atomic E-state index is 0.0613. The number of hydrogen-bond acceptors (Lipinski definition) is 13. The van der Waals surface area contributed by atoms with Crippen LogP contribution < -0.4 is 59.7 Å². The van der Waals surface area contributed by atoms with Gasteiger partial charge in [-0.15, -0.1) is 0 Å². The second-order valence-electron chi connectivity index (χ2n) is 19.6. The van der Waals surface area contributed by atoms with Gasteiger partial charge in [0.1, 0.15) is 48.3 Å². The molecule has 1 aromatic carbocycles. The van der Waals surface area contributed by atoms with E-state index in [4.69, 9.17) is 17.2 Å². The van der Waals surface area contributed by atoms with Crippen LogP contribution in [0.15, 0.2) is 43.0 Å². The lowest BCUT2D eigenvalue weighted by Crippen LogP contribution is -2.62. The highest BCUT2D eigenvalue weighted by atomic mass is 16.3. The predicted molar refractivity (Wildman–Crippen MR) is 274 cm³/mol. The van der Waals surface area contributed by atoms with Gasteiger partial charge in [-0.2, -0.15) is 0 Å². The number of rotatable bonds is 21. The maximum Gasteiger partial charge on any atom is 0.245 e. The van der Waals surface area contributed by atoms with Crippen molar-refractivity contribution in [2.24, 2.45) is 29.0 Å². The van der Waals surface area contributed by atoms with Crippen LogP contribution in [0.4, 0.5) is 0 Å². The molecule has 73 heavy (non-hydrogen) atoms. The number of carbonyl (C=O) groups excluding carboxylic acids is 8. The SMILES string of the molecule is CC(C)C[C@@H]1NC(=O)[C@H](CO)NC(=O)[C@H](CCCCN)NC(=O)[C@H](CCCCN)NC(=O)[C@H](CCCCN)NC(=O)[C@H](Cc2cnc[nH]2)NC(=O)[C@H](Cc2c[nH]c3ccccc23)NC(=O)[C@H](CC(C)C)NC1=O. The van der Waals surface area contributed by atoms with Crippen LogP contribution in [-0.4, -0.2) is 142 Å². The van der Waals surface area contributed by atoms with Gasteiger partial charge >= 0.3 is 0 Å². The lowest BCUT2D eigenvalue weighted by atomic mass is 9.98. The van der Waals surface area contributed by atoms with Crippen molar-refractivity contribution in [3.63, 3.8) is 0 Å². The number of hydrogen-bond donors (Lipinski definition) is 14. The third-order valence-electron chi connectivity index (χ3n) is 12.6. The third kappa shape index (κ3) is 19.2. The van der Waals surface area contributed by atoms with E-state index in [1.807, 2.05) is 52.0 Å². The van der Waals surface area contributed by atoms with Gasteiger partial charge in [0.15, 0.2) is 0 Å². The van der Waals surface area contributed by atoms with Gasteiger partial charge in [0.25, 0.3) is 0 Å². The summed E-state index contributed by atoms with van der Waals surface area (Å²) >= 11 is 0. The lowest BCUT2D eigenvalue weighted by Gasteiger charge is -2.29. The molecule has 0 unspecified atom stereocenters. The van der Waals surface area contributed by atoms with E-state index in [9.17, 15) is 43.5 Å². The molecule has 1 saturated heterocycles. The van der Waals surface area contributed by atoms with Crippen molar-refractivity contribution < 1.29 is 43.5 Å². The van der Waals surface area contributed by atoms with E-state index in [0.717, 1.165) is 10.9 Å². The Labute approximate surface area is 427 Å². The molecule has 404 valence electrons. The number of carbonyl (C=O) groups is 8. The van der Waals surface area contributed by atoms with Crippen molar-refractivity contribution in [1.82, 2.24) is 57.5 Å². The quantitative estimate of drug-likeness (QED) is 0.0573. The van der Waals surface area contributed by atoms with Gasteiger partial charge in [0, 0.05) is 41.8 Å². The van der Waals surface area contributed by atoms with E-state index in [0.29, 0.717) is 62.9 Å². The van der Waals surface area contributed by atoms with Gasteiger partial charge in [-0.3, -0.25) is 38.4 Å². The number of nitrogens with one attached hydrogen (secondary N) is 10. The van der Waals surface area contributed by atoms with Crippen molar-refractivity contribution >= 4 is 58.2 Å². The summed E-state index contributed by atoms with van der Waals surface area (Å²) < 4.78 is 0. The molecular formula is C50H80N14O9. The van der Waals surface area contributed by atoms with E-state index in [2.05, 4.69) is 57.5 Å². The summed E-state index contributed by atoms with van der Waals surface area (Å²) in [6.45, 7) is 7.34. The maximum atomic E-state index is 14.8. The van der Waals surface area contributed by atoms with Crippen LogP contribution in [0.5, 0.6) is 0 Å². The highest BCUT2D eigenvalue weighted by Gasteiger charge is 2.36. The molecule has 2 aromatic heterocycles. The van der Waals surface area contributed by atoms with Crippen LogP contribution in [0, 0.1) is 11.8 Å². The first-order valence-electron chi connectivity index (χ1n) is 25.6. The number of aromatic nitrogens is 3. The Bertz CT molecular complexity index is 2250. The molecule has 3 aromatic rings. The molecule has 3 heterocycles. The summed E-state index contributed by atoms with van der Waals surface area (Å²) in [4.78, 5) is 125. The monoisotopic (exact) mass is 1020 g/mol. The number of aliphatic hydroxyl groups is 1. The first-order valence-corrected chi connectivity index (χ1v) is 25.6. The Balaban J connectivity index is 1.85. The van der Waals surface area contributed by atoms with Crippen LogP contribution in [0.1, 0.15) is 110 Å². The van der Waals surface area contributed by atoms with Gasteiger partial charge in [-0.25, -0.2) is 4.98 Å².